The molecular weight excluding hydrogens is 306 g/mol. The van der Waals surface area contributed by atoms with E-state index in [2.05, 4.69) is 11.9 Å². The first-order valence-corrected chi connectivity index (χ1v) is 8.05. The molecule has 5 heteroatoms. The van der Waals surface area contributed by atoms with Crippen LogP contribution in [0.3, 0.4) is 0 Å². The van der Waals surface area contributed by atoms with Crippen molar-refractivity contribution in [1.82, 2.24) is 5.32 Å². The van der Waals surface area contributed by atoms with Gasteiger partial charge in [-0.25, -0.2) is 4.79 Å². The van der Waals surface area contributed by atoms with Crippen molar-refractivity contribution in [2.75, 3.05) is 0 Å². The molecule has 0 saturated heterocycles. The zero-order chi connectivity index (χ0) is 18.4. The van der Waals surface area contributed by atoms with Crippen molar-refractivity contribution in [1.29, 1.82) is 0 Å². The van der Waals surface area contributed by atoms with Gasteiger partial charge in [-0.05, 0) is 39.2 Å². The summed E-state index contributed by atoms with van der Waals surface area (Å²) in [5, 5.41) is 12.6. The molecule has 2 atom stereocenters. The van der Waals surface area contributed by atoms with E-state index in [0.29, 0.717) is 18.4 Å². The van der Waals surface area contributed by atoms with Crippen LogP contribution < -0.4 is 5.32 Å². The molecule has 1 amide bonds. The average Bonchev–Trinajstić information content (AvgIpc) is 2.46. The van der Waals surface area contributed by atoms with Crippen LogP contribution in [0.4, 0.5) is 4.79 Å². The lowest BCUT2D eigenvalue weighted by Gasteiger charge is -2.39. The van der Waals surface area contributed by atoms with Crippen LogP contribution in [0.5, 0.6) is 0 Å². The van der Waals surface area contributed by atoms with Gasteiger partial charge in [0.15, 0.2) is 0 Å². The molecule has 1 aromatic rings. The first-order chi connectivity index (χ1) is 11.1. The maximum atomic E-state index is 12.3. The minimum absolute atomic E-state index is 0.314. The number of ether oxygens (including phenoxy) is 1. The Morgan fingerprint density at radius 1 is 1.29 bits per heavy atom. The van der Waals surface area contributed by atoms with Gasteiger partial charge in [-0.1, -0.05) is 43.3 Å². The van der Waals surface area contributed by atoms with Gasteiger partial charge in [-0.3, -0.25) is 4.79 Å². The topological polar surface area (TPSA) is 75.6 Å². The highest BCUT2D eigenvalue weighted by Crippen LogP contribution is 2.35. The second-order valence-electron chi connectivity index (χ2n) is 6.81. The number of amides is 1. The molecule has 1 aromatic carbocycles. The van der Waals surface area contributed by atoms with Gasteiger partial charge in [0.25, 0.3) is 0 Å². The van der Waals surface area contributed by atoms with Crippen LogP contribution >= 0.6 is 0 Å². The molecule has 5 nitrogen and oxygen atoms in total. The number of benzene rings is 1. The average molecular weight is 333 g/mol. The lowest BCUT2D eigenvalue weighted by atomic mass is 9.75. The summed E-state index contributed by atoms with van der Waals surface area (Å²) < 4.78 is 5.33. The third-order valence-electron chi connectivity index (χ3n) is 3.82. The van der Waals surface area contributed by atoms with Gasteiger partial charge in [0, 0.05) is 0 Å². The molecule has 0 aliphatic heterocycles. The van der Waals surface area contributed by atoms with Gasteiger partial charge in [-0.2, -0.15) is 0 Å². The number of carboxylic acids is 1. The molecule has 132 valence electrons. The molecule has 0 bridgehead atoms. The highest BCUT2D eigenvalue weighted by Gasteiger charge is 2.44. The van der Waals surface area contributed by atoms with Crippen LogP contribution in [0.1, 0.15) is 52.0 Å². The van der Waals surface area contributed by atoms with Crippen molar-refractivity contribution in [2.24, 2.45) is 0 Å². The Labute approximate surface area is 143 Å². The standard InChI is InChI=1S/C19H27NO4/c1-6-13-19(7-2,20-17(23)24-18(3,4)5)15(16(21)22)14-11-9-8-10-12-14/h6,8-12,15H,1,7,13H2,2-5H3,(H,20,23)(H,21,22)/t15-,19+/m1/s1. The molecule has 24 heavy (non-hydrogen) atoms. The molecule has 0 spiro atoms. The van der Waals surface area contributed by atoms with E-state index in [0.717, 1.165) is 0 Å². The zero-order valence-electron chi connectivity index (χ0n) is 14.8. The maximum Gasteiger partial charge on any atom is 0.408 e. The number of aliphatic carboxylic acids is 1. The van der Waals surface area contributed by atoms with Crippen LogP contribution in [-0.4, -0.2) is 28.3 Å². The molecule has 2 N–H and O–H groups in total. The van der Waals surface area contributed by atoms with E-state index >= 15 is 0 Å². The Hall–Kier alpha value is -2.30. The van der Waals surface area contributed by atoms with Gasteiger partial charge < -0.3 is 15.2 Å². The van der Waals surface area contributed by atoms with Crippen LogP contribution in [0.25, 0.3) is 0 Å². The Morgan fingerprint density at radius 3 is 2.29 bits per heavy atom. The summed E-state index contributed by atoms with van der Waals surface area (Å²) in [5.41, 5.74) is -1.05. The second kappa shape index (κ2) is 7.99. The third kappa shape index (κ3) is 5.11. The smallest absolute Gasteiger partial charge is 0.408 e. The first-order valence-electron chi connectivity index (χ1n) is 8.05. The fourth-order valence-electron chi connectivity index (χ4n) is 2.79. The summed E-state index contributed by atoms with van der Waals surface area (Å²) in [6.07, 6.45) is 1.73. The van der Waals surface area contributed by atoms with E-state index in [-0.39, 0.29) is 0 Å². The number of rotatable bonds is 7. The van der Waals surface area contributed by atoms with Crippen molar-refractivity contribution >= 4 is 12.1 Å². The Morgan fingerprint density at radius 2 is 1.88 bits per heavy atom. The Bertz CT molecular complexity index is 577. The maximum absolute atomic E-state index is 12.3. The van der Waals surface area contributed by atoms with Crippen molar-refractivity contribution in [3.05, 3.63) is 48.6 Å². The molecule has 0 heterocycles. The van der Waals surface area contributed by atoms with Gasteiger partial charge >= 0.3 is 12.1 Å². The molecule has 0 radical (unpaired) electrons. The number of hydrogen-bond donors (Lipinski definition) is 2. The normalized spacial score (nSPS) is 15.0. The minimum Gasteiger partial charge on any atom is -0.481 e. The lowest BCUT2D eigenvalue weighted by Crippen LogP contribution is -2.55. The molecule has 1 rings (SSSR count). The van der Waals surface area contributed by atoms with E-state index in [4.69, 9.17) is 4.74 Å². The predicted octanol–water partition coefficient (Wildman–Crippen LogP) is 4.10. The molecule has 0 aliphatic carbocycles. The fraction of sp³-hybridized carbons (Fsp3) is 0.474. The third-order valence-corrected chi connectivity index (χ3v) is 3.82. The number of alkyl carbamates (subject to hydrolysis) is 1. The van der Waals surface area contributed by atoms with Gasteiger partial charge in [0.05, 0.1) is 5.54 Å². The van der Waals surface area contributed by atoms with Crippen LogP contribution in [0.15, 0.2) is 43.0 Å². The minimum atomic E-state index is -1.02. The number of hydrogen-bond acceptors (Lipinski definition) is 3. The fourth-order valence-corrected chi connectivity index (χ4v) is 2.79. The number of nitrogens with one attached hydrogen (secondary N) is 1. The first kappa shape index (κ1) is 19.7. The Balaban J connectivity index is 3.27. The molecule has 0 aliphatic rings. The number of carboxylic acid groups (broad SMARTS) is 1. The SMILES string of the molecule is C=CC[C@](CC)(NC(=O)OC(C)(C)C)[C@@H](C(=O)O)c1ccccc1. The van der Waals surface area contributed by atoms with Crippen molar-refractivity contribution < 1.29 is 19.4 Å². The van der Waals surface area contributed by atoms with Gasteiger partial charge in [0.2, 0.25) is 0 Å². The highest BCUT2D eigenvalue weighted by atomic mass is 16.6. The zero-order valence-corrected chi connectivity index (χ0v) is 14.8. The summed E-state index contributed by atoms with van der Waals surface area (Å²) >= 11 is 0. The van der Waals surface area contributed by atoms with Gasteiger partial charge in [-0.15, -0.1) is 6.58 Å². The summed E-state index contributed by atoms with van der Waals surface area (Å²) in [7, 11) is 0. The quantitative estimate of drug-likeness (QED) is 0.737. The number of carbonyl (C=O) groups excluding carboxylic acids is 1. The van der Waals surface area contributed by atoms with E-state index in [9.17, 15) is 14.7 Å². The van der Waals surface area contributed by atoms with E-state index in [1.54, 1.807) is 51.1 Å². The van der Waals surface area contributed by atoms with Crippen molar-refractivity contribution in [3.8, 4) is 0 Å². The number of carbonyl (C=O) groups is 2. The molecular formula is C19H27NO4. The van der Waals surface area contributed by atoms with E-state index < -0.39 is 29.1 Å². The summed E-state index contributed by atoms with van der Waals surface area (Å²) in [5.74, 6) is -1.91. The summed E-state index contributed by atoms with van der Waals surface area (Å²) in [6.45, 7) is 10.9. The lowest BCUT2D eigenvalue weighted by molar-refractivity contribution is -0.141. The van der Waals surface area contributed by atoms with Crippen LogP contribution in [0.2, 0.25) is 0 Å². The van der Waals surface area contributed by atoms with Crippen molar-refractivity contribution in [2.45, 2.75) is 57.6 Å². The van der Waals surface area contributed by atoms with Gasteiger partial charge in [0.1, 0.15) is 11.5 Å². The second-order valence-corrected chi connectivity index (χ2v) is 6.81. The van der Waals surface area contributed by atoms with Crippen LogP contribution in [-0.2, 0) is 9.53 Å². The van der Waals surface area contributed by atoms with E-state index in [1.807, 2.05) is 13.0 Å². The highest BCUT2D eigenvalue weighted by molar-refractivity contribution is 5.80. The van der Waals surface area contributed by atoms with Crippen molar-refractivity contribution in [3.63, 3.8) is 0 Å². The summed E-state index contributed by atoms with van der Waals surface area (Å²) in [6, 6.07) is 8.90. The Kier molecular flexibility index (Phi) is 6.58. The van der Waals surface area contributed by atoms with Crippen LogP contribution in [0, 0.1) is 0 Å². The predicted molar refractivity (Wildman–Crippen MR) is 94.0 cm³/mol. The monoisotopic (exact) mass is 333 g/mol. The molecule has 0 aromatic heterocycles. The van der Waals surface area contributed by atoms with E-state index in [1.165, 1.54) is 0 Å². The molecule has 0 saturated carbocycles. The summed E-state index contributed by atoms with van der Waals surface area (Å²) in [4.78, 5) is 24.3. The largest absolute Gasteiger partial charge is 0.481 e. The molecule has 0 fully saturated rings. The molecule has 0 unspecified atom stereocenters.